The lowest BCUT2D eigenvalue weighted by Gasteiger charge is -2.19. The van der Waals surface area contributed by atoms with Crippen LogP contribution in [0.25, 0.3) is 0 Å². The molecule has 25 heavy (non-hydrogen) atoms. The van der Waals surface area contributed by atoms with Crippen LogP contribution in [0.2, 0.25) is 0 Å². The normalized spacial score (nSPS) is 17.7. The highest BCUT2D eigenvalue weighted by molar-refractivity contribution is 8.76. The third-order valence-electron chi connectivity index (χ3n) is 3.20. The molecule has 1 atom stereocenters. The van der Waals surface area contributed by atoms with Crippen LogP contribution in [0.15, 0.2) is 0 Å². The first kappa shape index (κ1) is 22.5. The molecule has 6 nitrogen and oxygen atoms in total. The Morgan fingerprint density at radius 1 is 1.28 bits per heavy atom. The molecule has 1 aliphatic heterocycles. The number of hydrogen-bond acceptors (Lipinski definition) is 7. The maximum Gasteiger partial charge on any atom is 0.407 e. The number of rotatable bonds is 9. The number of carbonyl (C=O) groups is 3. The largest absolute Gasteiger partial charge is 0.444 e. The summed E-state index contributed by atoms with van der Waals surface area (Å²) in [6.45, 7) is 9.10. The molecule has 1 N–H and O–H groups in total. The van der Waals surface area contributed by atoms with Gasteiger partial charge in [0.15, 0.2) is 5.12 Å². The Bertz CT molecular complexity index is 469. The van der Waals surface area contributed by atoms with Gasteiger partial charge in [-0.2, -0.15) is 0 Å². The Balaban J connectivity index is 2.03. The smallest absolute Gasteiger partial charge is 0.407 e. The molecular weight excluding hydrogens is 380 g/mol. The zero-order valence-electron chi connectivity index (χ0n) is 15.3. The van der Waals surface area contributed by atoms with E-state index >= 15 is 0 Å². The summed E-state index contributed by atoms with van der Waals surface area (Å²) < 4.78 is 5.16. The van der Waals surface area contributed by atoms with E-state index in [0.717, 1.165) is 30.3 Å². The van der Waals surface area contributed by atoms with E-state index in [1.807, 2.05) is 25.7 Å². The molecule has 0 aliphatic carbocycles. The van der Waals surface area contributed by atoms with E-state index in [0.29, 0.717) is 13.0 Å². The monoisotopic (exact) mass is 408 g/mol. The van der Waals surface area contributed by atoms with Crippen molar-refractivity contribution >= 4 is 50.5 Å². The van der Waals surface area contributed by atoms with E-state index in [-0.39, 0.29) is 16.9 Å². The first-order valence-corrected chi connectivity index (χ1v) is 11.8. The number of amides is 2. The molecule has 1 saturated heterocycles. The van der Waals surface area contributed by atoms with E-state index in [4.69, 9.17) is 4.74 Å². The molecule has 144 valence electrons. The van der Waals surface area contributed by atoms with Gasteiger partial charge in [0.2, 0.25) is 5.91 Å². The van der Waals surface area contributed by atoms with Crippen molar-refractivity contribution in [1.82, 2.24) is 10.2 Å². The highest BCUT2D eigenvalue weighted by atomic mass is 33.1. The van der Waals surface area contributed by atoms with Crippen molar-refractivity contribution < 1.29 is 19.1 Å². The number of carbonyl (C=O) groups excluding carboxylic acids is 3. The fraction of sp³-hybridized carbons (Fsp3) is 0.812. The first-order valence-electron chi connectivity index (χ1n) is 8.30. The molecule has 0 spiro atoms. The van der Waals surface area contributed by atoms with Gasteiger partial charge in [0.05, 0.1) is 0 Å². The van der Waals surface area contributed by atoms with Crippen molar-refractivity contribution in [2.45, 2.75) is 39.7 Å². The lowest BCUT2D eigenvalue weighted by atomic mass is 10.1. The van der Waals surface area contributed by atoms with Crippen LogP contribution in [0.3, 0.4) is 0 Å². The summed E-state index contributed by atoms with van der Waals surface area (Å²) >= 11 is 1.30. The van der Waals surface area contributed by atoms with E-state index in [1.54, 1.807) is 28.5 Å². The molecule has 9 heteroatoms. The Morgan fingerprint density at radius 2 is 1.96 bits per heavy atom. The van der Waals surface area contributed by atoms with Crippen LogP contribution in [0.5, 0.6) is 0 Å². The number of nitrogens with one attached hydrogen (secondary N) is 1. The number of hydrogen-bond donors (Lipinski definition) is 1. The van der Waals surface area contributed by atoms with Crippen LogP contribution >= 0.6 is 33.3 Å². The van der Waals surface area contributed by atoms with Gasteiger partial charge in [-0.1, -0.05) is 33.3 Å². The Morgan fingerprint density at radius 3 is 2.60 bits per heavy atom. The van der Waals surface area contributed by atoms with E-state index < -0.39 is 11.7 Å². The van der Waals surface area contributed by atoms with Gasteiger partial charge >= 0.3 is 6.09 Å². The Kier molecular flexibility index (Phi) is 10.1. The van der Waals surface area contributed by atoms with E-state index in [1.165, 1.54) is 11.8 Å². The maximum atomic E-state index is 11.9. The van der Waals surface area contributed by atoms with Gasteiger partial charge in [-0.05, 0) is 26.7 Å². The Labute approximate surface area is 162 Å². The maximum absolute atomic E-state index is 11.9. The van der Waals surface area contributed by atoms with Crippen LogP contribution < -0.4 is 5.32 Å². The van der Waals surface area contributed by atoms with Gasteiger partial charge in [-0.3, -0.25) is 9.59 Å². The second-order valence-corrected chi connectivity index (χ2v) is 10.7. The van der Waals surface area contributed by atoms with Crippen molar-refractivity contribution in [3.8, 4) is 0 Å². The van der Waals surface area contributed by atoms with Crippen LogP contribution in [0, 0.1) is 5.92 Å². The van der Waals surface area contributed by atoms with Gasteiger partial charge in [-0.25, -0.2) is 4.79 Å². The molecule has 0 saturated carbocycles. The SMILES string of the molecule is CC(=O)SCC1CC(=O)N(CCSSCCNC(=O)OC(C)(C)C)C1. The number of likely N-dealkylation sites (tertiary alicyclic amines) is 1. The Hall–Kier alpha value is -0.540. The summed E-state index contributed by atoms with van der Waals surface area (Å²) in [6.07, 6.45) is 0.160. The molecule has 1 rings (SSSR count). The van der Waals surface area contributed by atoms with Gasteiger partial charge < -0.3 is 15.0 Å². The van der Waals surface area contributed by atoms with Crippen molar-refractivity contribution in [2.75, 3.05) is 36.9 Å². The minimum absolute atomic E-state index is 0.109. The van der Waals surface area contributed by atoms with Crippen molar-refractivity contribution in [3.05, 3.63) is 0 Å². The number of thioether (sulfide) groups is 1. The predicted molar refractivity (Wildman–Crippen MR) is 107 cm³/mol. The van der Waals surface area contributed by atoms with Gasteiger partial charge in [0, 0.05) is 50.2 Å². The number of nitrogens with zero attached hydrogens (tertiary/aromatic N) is 1. The molecule has 0 aromatic rings. The molecule has 1 heterocycles. The lowest BCUT2D eigenvalue weighted by molar-refractivity contribution is -0.127. The molecule has 0 aromatic carbocycles. The van der Waals surface area contributed by atoms with Gasteiger partial charge in [0.25, 0.3) is 0 Å². The quantitative estimate of drug-likeness (QED) is 0.464. The molecule has 0 aromatic heterocycles. The van der Waals surface area contributed by atoms with Crippen LogP contribution in [-0.2, 0) is 14.3 Å². The molecule has 1 aliphatic rings. The number of ether oxygens (including phenoxy) is 1. The fourth-order valence-corrected chi connectivity index (χ4v) is 4.78. The van der Waals surface area contributed by atoms with Crippen LogP contribution in [0.4, 0.5) is 4.79 Å². The predicted octanol–water partition coefficient (Wildman–Crippen LogP) is 3.02. The third-order valence-corrected chi connectivity index (χ3v) is 6.63. The molecule has 1 unspecified atom stereocenters. The summed E-state index contributed by atoms with van der Waals surface area (Å²) in [4.78, 5) is 36.3. The molecule has 0 radical (unpaired) electrons. The highest BCUT2D eigenvalue weighted by Gasteiger charge is 2.29. The zero-order valence-corrected chi connectivity index (χ0v) is 17.8. The van der Waals surface area contributed by atoms with Crippen molar-refractivity contribution in [2.24, 2.45) is 5.92 Å². The zero-order chi connectivity index (χ0) is 18.9. The van der Waals surface area contributed by atoms with Crippen molar-refractivity contribution in [1.29, 1.82) is 0 Å². The van der Waals surface area contributed by atoms with Crippen LogP contribution in [-0.4, -0.2) is 64.5 Å². The fourth-order valence-electron chi connectivity index (χ4n) is 2.19. The molecule has 0 bridgehead atoms. The summed E-state index contributed by atoms with van der Waals surface area (Å²) in [7, 11) is 3.37. The van der Waals surface area contributed by atoms with Crippen molar-refractivity contribution in [3.63, 3.8) is 0 Å². The second-order valence-electron chi connectivity index (χ2n) is 6.79. The lowest BCUT2D eigenvalue weighted by Crippen LogP contribution is -2.33. The second kappa shape index (κ2) is 11.2. The summed E-state index contributed by atoms with van der Waals surface area (Å²) in [5, 5.41) is 2.83. The van der Waals surface area contributed by atoms with Gasteiger partial charge in [0.1, 0.15) is 5.60 Å². The molecule has 1 fully saturated rings. The average Bonchev–Trinajstić information content (AvgIpc) is 2.82. The topological polar surface area (TPSA) is 75.7 Å². The minimum atomic E-state index is -0.477. The van der Waals surface area contributed by atoms with Crippen LogP contribution in [0.1, 0.15) is 34.1 Å². The average molecular weight is 409 g/mol. The molecule has 2 amide bonds. The number of alkyl carbamates (subject to hydrolysis) is 1. The summed E-state index contributed by atoms with van der Waals surface area (Å²) in [5.41, 5.74) is -0.477. The highest BCUT2D eigenvalue weighted by Crippen LogP contribution is 2.25. The first-order chi connectivity index (χ1) is 11.7. The standard InChI is InChI=1S/C16H28N2O4S3/c1-12(19)23-11-13-9-14(20)18(10-13)6-8-25-24-7-5-17-15(21)22-16(2,3)4/h13H,5-11H2,1-4H3,(H,17,21). The van der Waals surface area contributed by atoms with Gasteiger partial charge in [-0.15, -0.1) is 0 Å². The molecular formula is C16H28N2O4S3. The minimum Gasteiger partial charge on any atom is -0.444 e. The summed E-state index contributed by atoms with van der Waals surface area (Å²) in [5.74, 6) is 2.85. The van der Waals surface area contributed by atoms with E-state index in [9.17, 15) is 14.4 Å². The summed E-state index contributed by atoms with van der Waals surface area (Å²) in [6, 6.07) is 0. The van der Waals surface area contributed by atoms with E-state index in [2.05, 4.69) is 5.32 Å². The third kappa shape index (κ3) is 10.9.